The molecule has 11 rings (SSSR count). The number of anilines is 4. The number of likely N-dealkylation sites (tertiary alicyclic amines) is 2. The van der Waals surface area contributed by atoms with Crippen LogP contribution in [0, 0.1) is 0 Å². The van der Waals surface area contributed by atoms with Gasteiger partial charge in [-0.3, -0.25) is 14.7 Å². The molecule has 9 aromatic rings. The van der Waals surface area contributed by atoms with Gasteiger partial charge in [-0.2, -0.15) is 10.2 Å². The Morgan fingerprint density at radius 2 is 1.21 bits per heavy atom. The van der Waals surface area contributed by atoms with Crippen molar-refractivity contribution in [2.24, 2.45) is 5.73 Å². The number of benzene rings is 3. The van der Waals surface area contributed by atoms with E-state index in [1.807, 2.05) is 115 Å². The summed E-state index contributed by atoms with van der Waals surface area (Å²) in [4.78, 5) is 28.6. The van der Waals surface area contributed by atoms with Gasteiger partial charge in [-0.15, -0.1) is 20.4 Å². The number of piperidine rings is 2. The molecule has 0 aliphatic carbocycles. The Hall–Kier alpha value is -7.31. The van der Waals surface area contributed by atoms with Crippen molar-refractivity contribution in [3.05, 3.63) is 143 Å². The number of nitrogens with two attached hydrogens (primary N) is 1. The van der Waals surface area contributed by atoms with E-state index >= 15 is 0 Å². The van der Waals surface area contributed by atoms with Crippen LogP contribution in [0.3, 0.4) is 0 Å². The summed E-state index contributed by atoms with van der Waals surface area (Å²) in [6.07, 6.45) is 6.68. The lowest BCUT2D eigenvalue weighted by molar-refractivity contribution is -0.0363. The molecule has 2 fully saturated rings. The number of aliphatic hydroxyl groups excluding tert-OH is 2. The van der Waals surface area contributed by atoms with Crippen LogP contribution in [0.15, 0.2) is 116 Å². The first kappa shape index (κ1) is 56.0. The molecular formula is C58H70N16O4S2. The lowest BCUT2D eigenvalue weighted by Gasteiger charge is -2.42. The van der Waals surface area contributed by atoms with E-state index in [0.717, 1.165) is 89.0 Å². The van der Waals surface area contributed by atoms with Crippen molar-refractivity contribution in [2.75, 3.05) is 36.8 Å². The second kappa shape index (κ2) is 24.6. The predicted octanol–water partition coefficient (Wildman–Crippen LogP) is 9.50. The van der Waals surface area contributed by atoms with E-state index in [9.17, 15) is 15.0 Å². The van der Waals surface area contributed by atoms with Gasteiger partial charge in [0.05, 0.1) is 18.2 Å². The zero-order chi connectivity index (χ0) is 56.1. The standard InChI is InChI=1S/C35H42N8O3S.C23H28N8OS/c1-23(2)32-39-40-33(47-32)25-12-9-13-27(18-25)38-31-30-26(14-17-43(30)37-22-36-31)20-41-16-15-28(29(44)21-41)42(34(45)46-35(3,4)5)19-24-10-7-6-8-11-24;1-14(2)22-28-29-23(33-22)15-4-3-5-17(10-15)27-21-20-16(6-9-31(20)26-13-25-21)11-30-8-7-18(24)19(32)12-30/h6-14,17-18,22-23,28-29,44H,15-16,19-21H2,1-5H3,(H,36,37,38);3-6,9-10,13-14,18-19,32H,7-8,11-12,24H2,1-2H3,(H,25,26,27)/t28-,29-;18-,19-/m11/s1. The fraction of sp³-hybridized carbons (Fsp3) is 0.397. The van der Waals surface area contributed by atoms with Gasteiger partial charge >= 0.3 is 6.09 Å². The summed E-state index contributed by atoms with van der Waals surface area (Å²) in [5.74, 6) is 2.11. The number of carbonyl (C=O) groups excluding carboxylic acids is 1. The van der Waals surface area contributed by atoms with Crippen molar-refractivity contribution in [1.82, 2.24) is 64.3 Å². The Morgan fingerprint density at radius 1 is 0.700 bits per heavy atom. The Labute approximate surface area is 473 Å². The molecule has 0 spiro atoms. The molecule has 22 heteroatoms. The van der Waals surface area contributed by atoms with Crippen molar-refractivity contribution in [3.8, 4) is 21.1 Å². The number of rotatable bonds is 15. The van der Waals surface area contributed by atoms with Crippen LogP contribution in [-0.2, 0) is 24.4 Å². The summed E-state index contributed by atoms with van der Waals surface area (Å²) in [6, 6.07) is 29.6. The average Bonchev–Trinajstić information content (AvgIpc) is 4.47. The Bertz CT molecular complexity index is 3520. The molecule has 3 aromatic carbocycles. The maximum absolute atomic E-state index is 13.4. The van der Waals surface area contributed by atoms with E-state index in [0.29, 0.717) is 63.3 Å². The van der Waals surface area contributed by atoms with Crippen molar-refractivity contribution < 1.29 is 19.7 Å². The number of aliphatic hydroxyl groups is 2. The average molecular weight is 1120 g/mol. The summed E-state index contributed by atoms with van der Waals surface area (Å²) < 4.78 is 9.43. The molecule has 1 amide bonds. The molecular weight excluding hydrogens is 1050 g/mol. The van der Waals surface area contributed by atoms with E-state index in [1.165, 1.54) is 6.33 Å². The topological polar surface area (TPSA) is 238 Å². The van der Waals surface area contributed by atoms with Crippen LogP contribution in [0.25, 0.3) is 32.2 Å². The van der Waals surface area contributed by atoms with E-state index < -0.39 is 23.9 Å². The molecule has 8 heterocycles. The van der Waals surface area contributed by atoms with Crippen LogP contribution in [0.5, 0.6) is 0 Å². The van der Waals surface area contributed by atoms with Gasteiger partial charge in [-0.1, -0.05) is 105 Å². The van der Waals surface area contributed by atoms with E-state index in [-0.39, 0.29) is 12.1 Å². The highest BCUT2D eigenvalue weighted by Gasteiger charge is 2.37. The zero-order valence-corrected chi connectivity index (χ0v) is 47.8. The first-order chi connectivity index (χ1) is 38.5. The highest BCUT2D eigenvalue weighted by Crippen LogP contribution is 2.34. The quantitative estimate of drug-likeness (QED) is 0.0642. The first-order valence-corrected chi connectivity index (χ1v) is 28.8. The van der Waals surface area contributed by atoms with Crippen LogP contribution in [-0.4, -0.2) is 137 Å². The van der Waals surface area contributed by atoms with Crippen molar-refractivity contribution in [2.45, 2.75) is 123 Å². The van der Waals surface area contributed by atoms with E-state index in [1.54, 1.807) is 33.9 Å². The van der Waals surface area contributed by atoms with Crippen LogP contribution in [0.2, 0.25) is 0 Å². The molecule has 20 nitrogen and oxygen atoms in total. The van der Waals surface area contributed by atoms with E-state index in [2.05, 4.69) is 107 Å². The molecule has 2 saturated heterocycles. The Morgan fingerprint density at radius 3 is 1.69 bits per heavy atom. The van der Waals surface area contributed by atoms with Crippen molar-refractivity contribution in [3.63, 3.8) is 0 Å². The van der Waals surface area contributed by atoms with Crippen LogP contribution in [0.4, 0.5) is 27.8 Å². The normalized spacial score (nSPS) is 18.1. The lowest BCUT2D eigenvalue weighted by atomic mass is 9.99. The number of β-amino-alcohol motifs (C(OH)–C–C–N with tert-alkyl or cyclic N) is 2. The molecule has 418 valence electrons. The molecule has 4 atom stereocenters. The van der Waals surface area contributed by atoms with Gasteiger partial charge < -0.3 is 31.3 Å². The number of hydrogen-bond acceptors (Lipinski definition) is 19. The monoisotopic (exact) mass is 1120 g/mol. The number of amides is 1. The van der Waals surface area contributed by atoms with E-state index in [4.69, 9.17) is 10.5 Å². The smallest absolute Gasteiger partial charge is 0.410 e. The minimum absolute atomic E-state index is 0.149. The third-order valence-electron chi connectivity index (χ3n) is 14.0. The van der Waals surface area contributed by atoms with Crippen LogP contribution in [0.1, 0.15) is 99.8 Å². The first-order valence-electron chi connectivity index (χ1n) is 27.2. The minimum Gasteiger partial charge on any atom is -0.444 e. The molecule has 6 aromatic heterocycles. The summed E-state index contributed by atoms with van der Waals surface area (Å²) in [6.45, 7) is 18.2. The molecule has 0 saturated carbocycles. The lowest BCUT2D eigenvalue weighted by Crippen LogP contribution is -2.56. The summed E-state index contributed by atoms with van der Waals surface area (Å²) in [7, 11) is 0. The van der Waals surface area contributed by atoms with Gasteiger partial charge in [0.15, 0.2) is 11.6 Å². The molecule has 2 aliphatic heterocycles. The van der Waals surface area contributed by atoms with Crippen molar-refractivity contribution in [1.29, 1.82) is 0 Å². The van der Waals surface area contributed by atoms with Gasteiger partial charge in [-0.05, 0) is 86.7 Å². The van der Waals surface area contributed by atoms with Crippen LogP contribution >= 0.6 is 22.7 Å². The fourth-order valence-electron chi connectivity index (χ4n) is 9.93. The zero-order valence-electron chi connectivity index (χ0n) is 46.2. The second-order valence-corrected chi connectivity index (χ2v) is 24.1. The third kappa shape index (κ3) is 13.5. The SMILES string of the molecule is CC(C)c1nnc(-c2cccc(Nc3ncnn4ccc(CN5CC[C@@H](N(Cc6ccccc6)C(=O)OC(C)(C)C)[C@H](O)C5)c34)c2)s1.CC(C)c1nnc(-c2cccc(Nc3ncnn4ccc(CN5CC[C@@H](N)[C@H](O)C5)c34)c2)s1. The van der Waals surface area contributed by atoms with Gasteiger partial charge in [0.2, 0.25) is 0 Å². The van der Waals surface area contributed by atoms with Crippen molar-refractivity contribution >= 4 is 62.8 Å². The summed E-state index contributed by atoms with van der Waals surface area (Å²) in [5.41, 5.74) is 14.0. The number of aromatic nitrogens is 10. The Kier molecular flexibility index (Phi) is 17.2. The molecule has 80 heavy (non-hydrogen) atoms. The Balaban J connectivity index is 0.000000191. The number of fused-ring (bicyclic) bond motifs is 2. The number of carbonyl (C=O) groups is 1. The molecule has 2 aliphatic rings. The fourth-order valence-corrected chi connectivity index (χ4v) is 11.6. The predicted molar refractivity (Wildman–Crippen MR) is 313 cm³/mol. The summed E-state index contributed by atoms with van der Waals surface area (Å²) in [5, 5.41) is 58.6. The van der Waals surface area contributed by atoms with Crippen LogP contribution < -0.4 is 16.4 Å². The van der Waals surface area contributed by atoms with Gasteiger partial charge in [0.1, 0.15) is 49.3 Å². The number of nitrogens with one attached hydrogen (secondary N) is 2. The van der Waals surface area contributed by atoms with Gasteiger partial charge in [-0.25, -0.2) is 23.8 Å². The third-order valence-corrected chi connectivity index (χ3v) is 16.6. The number of nitrogens with zero attached hydrogens (tertiary/aromatic N) is 13. The molecule has 0 radical (unpaired) electrons. The number of hydrogen-bond donors (Lipinski definition) is 5. The maximum atomic E-state index is 13.4. The van der Waals surface area contributed by atoms with Gasteiger partial charge in [0, 0.05) is 98.6 Å². The maximum Gasteiger partial charge on any atom is 0.410 e. The largest absolute Gasteiger partial charge is 0.444 e. The highest BCUT2D eigenvalue weighted by molar-refractivity contribution is 7.15. The van der Waals surface area contributed by atoms with Gasteiger partial charge in [0.25, 0.3) is 0 Å². The highest BCUT2D eigenvalue weighted by atomic mass is 32.1. The number of ether oxygens (including phenoxy) is 1. The second-order valence-electron chi connectivity index (χ2n) is 22.1. The molecule has 0 bridgehead atoms. The molecule has 6 N–H and O–H groups in total. The minimum atomic E-state index is -0.748. The molecule has 0 unspecified atom stereocenters. The summed E-state index contributed by atoms with van der Waals surface area (Å²) >= 11 is 3.23.